The van der Waals surface area contributed by atoms with Crippen molar-refractivity contribution < 1.29 is 8.81 Å². The number of aromatic nitrogens is 2. The van der Waals surface area contributed by atoms with Crippen molar-refractivity contribution >= 4 is 16.7 Å². The molecule has 0 saturated carbocycles. The van der Waals surface area contributed by atoms with Crippen molar-refractivity contribution in [2.45, 2.75) is 26.8 Å². The summed E-state index contributed by atoms with van der Waals surface area (Å²) in [5, 5.41) is 3.93. The molecule has 7 heteroatoms. The molecular formula is C30H26FN3O3. The molecule has 1 N–H and O–H groups in total. The van der Waals surface area contributed by atoms with Gasteiger partial charge in [0.15, 0.2) is 5.43 Å². The maximum Gasteiger partial charge on any atom is 0.250 e. The van der Waals surface area contributed by atoms with Crippen LogP contribution in [-0.2, 0) is 7.05 Å². The van der Waals surface area contributed by atoms with Crippen molar-refractivity contribution in [3.05, 3.63) is 116 Å². The van der Waals surface area contributed by atoms with Gasteiger partial charge < -0.3 is 14.3 Å². The highest BCUT2D eigenvalue weighted by Gasteiger charge is 2.20. The predicted octanol–water partition coefficient (Wildman–Crippen LogP) is 6.15. The number of hydrogen-bond acceptors (Lipinski definition) is 5. The second-order valence-electron chi connectivity index (χ2n) is 9.23. The van der Waals surface area contributed by atoms with Crippen molar-refractivity contribution in [1.29, 1.82) is 0 Å². The van der Waals surface area contributed by atoms with Crippen LogP contribution in [0, 0.1) is 19.7 Å². The molecule has 3 aromatic heterocycles. The first-order valence-electron chi connectivity index (χ1n) is 12.0. The summed E-state index contributed by atoms with van der Waals surface area (Å²) in [5.74, 6) is 0.0557. The minimum Gasteiger partial charge on any atom is -0.455 e. The van der Waals surface area contributed by atoms with Crippen molar-refractivity contribution in [2.24, 2.45) is 7.05 Å². The van der Waals surface area contributed by atoms with Crippen molar-refractivity contribution in [3.8, 4) is 22.6 Å². The summed E-state index contributed by atoms with van der Waals surface area (Å²) in [7, 11) is 1.65. The Morgan fingerprint density at radius 3 is 2.57 bits per heavy atom. The number of anilines is 1. The fraction of sp³-hybridized carbons (Fsp3) is 0.167. The van der Waals surface area contributed by atoms with E-state index in [0.29, 0.717) is 44.8 Å². The minimum atomic E-state index is -0.360. The molecule has 5 aromatic rings. The highest BCUT2D eigenvalue weighted by molar-refractivity contribution is 5.85. The molecule has 0 aliphatic carbocycles. The van der Waals surface area contributed by atoms with Gasteiger partial charge in [-0.25, -0.2) is 4.39 Å². The second-order valence-corrected chi connectivity index (χ2v) is 9.23. The third kappa shape index (κ3) is 4.44. The lowest BCUT2D eigenvalue weighted by atomic mass is 9.98. The number of nitrogens with one attached hydrogen (secondary N) is 1. The largest absolute Gasteiger partial charge is 0.455 e. The van der Waals surface area contributed by atoms with E-state index in [1.54, 1.807) is 56.7 Å². The maximum absolute atomic E-state index is 14.6. The van der Waals surface area contributed by atoms with Gasteiger partial charge in [0.05, 0.1) is 22.8 Å². The zero-order valence-corrected chi connectivity index (χ0v) is 21.0. The lowest BCUT2D eigenvalue weighted by molar-refractivity contribution is 0.604. The minimum absolute atomic E-state index is 0.129. The van der Waals surface area contributed by atoms with Crippen LogP contribution in [0.2, 0.25) is 0 Å². The number of hydrogen-bond donors (Lipinski definition) is 1. The number of aryl methyl sites for hydroxylation is 2. The topological polar surface area (TPSA) is 77.1 Å². The van der Waals surface area contributed by atoms with Crippen LogP contribution in [0.1, 0.15) is 29.7 Å². The lowest BCUT2D eigenvalue weighted by Gasteiger charge is -2.20. The van der Waals surface area contributed by atoms with Gasteiger partial charge in [0.1, 0.15) is 17.2 Å². The number of pyridine rings is 2. The highest BCUT2D eigenvalue weighted by atomic mass is 19.1. The SMILES string of the molecule is Cc1cc([C@@H](C)Nc2cccnc2-c2ccccc2F)c2oc(-c3ccc(=O)n(C)c3)c(C)c(=O)c2c1. The average molecular weight is 496 g/mol. The molecule has 0 fully saturated rings. The Morgan fingerprint density at radius 2 is 1.81 bits per heavy atom. The molecule has 37 heavy (non-hydrogen) atoms. The van der Waals surface area contributed by atoms with Crippen LogP contribution >= 0.6 is 0 Å². The van der Waals surface area contributed by atoms with Crippen LogP contribution in [0.15, 0.2) is 87.1 Å². The molecule has 0 bridgehead atoms. The summed E-state index contributed by atoms with van der Waals surface area (Å²) >= 11 is 0. The van der Waals surface area contributed by atoms with Gasteiger partial charge in [0, 0.05) is 47.8 Å². The predicted molar refractivity (Wildman–Crippen MR) is 144 cm³/mol. The summed E-state index contributed by atoms with van der Waals surface area (Å²) in [6.45, 7) is 5.62. The molecule has 2 aromatic carbocycles. The van der Waals surface area contributed by atoms with Gasteiger partial charge in [-0.2, -0.15) is 0 Å². The summed E-state index contributed by atoms with van der Waals surface area (Å²) in [5.41, 5.74) is 4.52. The summed E-state index contributed by atoms with van der Waals surface area (Å²) in [6, 6.07) is 16.7. The number of nitrogens with zero attached hydrogens (tertiary/aromatic N) is 2. The Bertz CT molecular complexity index is 1770. The molecule has 1 atom stereocenters. The molecule has 0 unspecified atom stereocenters. The summed E-state index contributed by atoms with van der Waals surface area (Å²) in [4.78, 5) is 29.8. The van der Waals surface area contributed by atoms with E-state index in [-0.39, 0.29) is 22.8 Å². The molecule has 6 nitrogen and oxygen atoms in total. The van der Waals surface area contributed by atoms with Crippen molar-refractivity contribution in [3.63, 3.8) is 0 Å². The quantitative estimate of drug-likeness (QED) is 0.316. The molecule has 5 rings (SSSR count). The van der Waals surface area contributed by atoms with Crippen LogP contribution in [0.5, 0.6) is 0 Å². The smallest absolute Gasteiger partial charge is 0.250 e. The molecule has 3 heterocycles. The summed E-state index contributed by atoms with van der Waals surface area (Å²) < 4.78 is 22.4. The average Bonchev–Trinajstić information content (AvgIpc) is 2.88. The van der Waals surface area contributed by atoms with E-state index in [4.69, 9.17) is 4.42 Å². The molecule has 0 spiro atoms. The molecule has 0 amide bonds. The fourth-order valence-corrected chi connectivity index (χ4v) is 4.59. The Kier molecular flexibility index (Phi) is 6.21. The molecule has 0 saturated heterocycles. The van der Waals surface area contributed by atoms with Crippen molar-refractivity contribution in [1.82, 2.24) is 9.55 Å². The van der Waals surface area contributed by atoms with E-state index in [2.05, 4.69) is 10.3 Å². The fourth-order valence-electron chi connectivity index (χ4n) is 4.59. The number of rotatable bonds is 5. The maximum atomic E-state index is 14.6. The van der Waals surface area contributed by atoms with Gasteiger partial charge >= 0.3 is 0 Å². The van der Waals surface area contributed by atoms with Gasteiger partial charge in [-0.1, -0.05) is 18.2 Å². The van der Waals surface area contributed by atoms with Crippen LogP contribution in [0.4, 0.5) is 10.1 Å². The van der Waals surface area contributed by atoms with Gasteiger partial charge in [-0.3, -0.25) is 14.6 Å². The second kappa shape index (κ2) is 9.50. The van der Waals surface area contributed by atoms with E-state index in [1.165, 1.54) is 16.7 Å². The monoisotopic (exact) mass is 495 g/mol. The van der Waals surface area contributed by atoms with Crippen LogP contribution in [-0.4, -0.2) is 9.55 Å². The normalized spacial score (nSPS) is 12.0. The van der Waals surface area contributed by atoms with Gasteiger partial charge in [-0.05, 0) is 62.7 Å². The van der Waals surface area contributed by atoms with Crippen LogP contribution < -0.4 is 16.3 Å². The standard InChI is InChI=1S/C30H26FN3O3/c1-17-14-22(19(3)33-25-10-7-13-32-27(25)21-8-5-6-9-24(21)31)30-23(15-17)28(36)18(2)29(37-30)20-11-12-26(35)34(4)16-20/h5-16,19,33H,1-4H3/t19-/m1/s1. The Labute approximate surface area is 213 Å². The van der Waals surface area contributed by atoms with E-state index in [9.17, 15) is 14.0 Å². The Morgan fingerprint density at radius 1 is 1.03 bits per heavy atom. The molecule has 0 aliphatic rings. The van der Waals surface area contributed by atoms with Crippen LogP contribution in [0.3, 0.4) is 0 Å². The third-order valence-electron chi connectivity index (χ3n) is 6.52. The molecule has 186 valence electrons. The lowest BCUT2D eigenvalue weighted by Crippen LogP contribution is -2.15. The van der Waals surface area contributed by atoms with Crippen LogP contribution in [0.25, 0.3) is 33.6 Å². The Balaban J connectivity index is 1.65. The first-order chi connectivity index (χ1) is 17.7. The highest BCUT2D eigenvalue weighted by Crippen LogP contribution is 2.34. The van der Waals surface area contributed by atoms with E-state index in [0.717, 1.165) is 11.1 Å². The van der Waals surface area contributed by atoms with E-state index in [1.807, 2.05) is 32.0 Å². The van der Waals surface area contributed by atoms with Gasteiger partial charge in [-0.15, -0.1) is 0 Å². The zero-order chi connectivity index (χ0) is 26.3. The number of fused-ring (bicyclic) bond motifs is 1. The van der Waals surface area contributed by atoms with E-state index < -0.39 is 0 Å². The first-order valence-corrected chi connectivity index (χ1v) is 12.0. The van der Waals surface area contributed by atoms with Crippen molar-refractivity contribution in [2.75, 3.05) is 5.32 Å². The van der Waals surface area contributed by atoms with E-state index >= 15 is 0 Å². The Hall–Kier alpha value is -4.52. The zero-order valence-electron chi connectivity index (χ0n) is 21.0. The molecule has 0 aliphatic heterocycles. The summed E-state index contributed by atoms with van der Waals surface area (Å²) in [6.07, 6.45) is 3.28. The molecule has 0 radical (unpaired) electrons. The van der Waals surface area contributed by atoms with Gasteiger partial charge in [0.25, 0.3) is 0 Å². The number of halogens is 1. The molecular weight excluding hydrogens is 469 g/mol. The number of benzene rings is 2. The van der Waals surface area contributed by atoms with Gasteiger partial charge in [0.2, 0.25) is 5.56 Å². The first kappa shape index (κ1) is 24.2. The third-order valence-corrected chi connectivity index (χ3v) is 6.52.